The molecule has 12 heavy (non-hydrogen) atoms. The lowest BCUT2D eigenvalue weighted by atomic mass is 10.3. The van der Waals surface area contributed by atoms with E-state index in [0.29, 0.717) is 0 Å². The van der Waals surface area contributed by atoms with Gasteiger partial charge in [-0.2, -0.15) is 0 Å². The molecule has 0 atom stereocenters. The Labute approximate surface area is 74.8 Å². The SMILES string of the molecule is C=C(C)NCCN1CCNCC1. The van der Waals surface area contributed by atoms with E-state index < -0.39 is 0 Å². The zero-order chi connectivity index (χ0) is 8.81. The summed E-state index contributed by atoms with van der Waals surface area (Å²) in [6, 6.07) is 0. The smallest absolute Gasteiger partial charge is 0.0271 e. The minimum Gasteiger partial charge on any atom is -0.388 e. The summed E-state index contributed by atoms with van der Waals surface area (Å²) in [6.45, 7) is 12.6. The van der Waals surface area contributed by atoms with Gasteiger partial charge in [0.05, 0.1) is 0 Å². The van der Waals surface area contributed by atoms with Crippen molar-refractivity contribution < 1.29 is 0 Å². The molecule has 0 bridgehead atoms. The molecule has 0 spiro atoms. The zero-order valence-electron chi connectivity index (χ0n) is 7.90. The van der Waals surface area contributed by atoms with Crippen molar-refractivity contribution >= 4 is 0 Å². The first kappa shape index (κ1) is 9.55. The van der Waals surface area contributed by atoms with Crippen molar-refractivity contribution in [3.63, 3.8) is 0 Å². The van der Waals surface area contributed by atoms with Crippen molar-refractivity contribution in [3.8, 4) is 0 Å². The van der Waals surface area contributed by atoms with Gasteiger partial charge in [0.2, 0.25) is 0 Å². The van der Waals surface area contributed by atoms with Crippen LogP contribution >= 0.6 is 0 Å². The molecule has 0 saturated carbocycles. The standard InChI is InChI=1S/C9H19N3/c1-9(2)11-5-8-12-6-3-10-4-7-12/h10-11H,1,3-8H2,2H3. The molecule has 1 fully saturated rings. The minimum atomic E-state index is 1.02. The normalized spacial score (nSPS) is 19.1. The predicted octanol–water partition coefficient (Wildman–Crippen LogP) is 0.0148. The van der Waals surface area contributed by atoms with Crippen molar-refractivity contribution in [2.75, 3.05) is 39.3 Å². The Hall–Kier alpha value is -0.540. The lowest BCUT2D eigenvalue weighted by Crippen LogP contribution is -2.45. The van der Waals surface area contributed by atoms with Gasteiger partial charge in [-0.15, -0.1) is 0 Å². The zero-order valence-corrected chi connectivity index (χ0v) is 7.90. The van der Waals surface area contributed by atoms with E-state index in [1.54, 1.807) is 0 Å². The average molecular weight is 169 g/mol. The first-order chi connectivity index (χ1) is 5.79. The average Bonchev–Trinajstić information content (AvgIpc) is 2.05. The molecule has 0 radical (unpaired) electrons. The van der Waals surface area contributed by atoms with Crippen LogP contribution in [0.25, 0.3) is 0 Å². The summed E-state index contributed by atoms with van der Waals surface area (Å²) in [5, 5.41) is 6.57. The van der Waals surface area contributed by atoms with E-state index in [9.17, 15) is 0 Å². The highest BCUT2D eigenvalue weighted by molar-refractivity contribution is 4.84. The minimum absolute atomic E-state index is 1.02. The molecule has 0 amide bonds. The quantitative estimate of drug-likeness (QED) is 0.621. The Balaban J connectivity index is 2.01. The van der Waals surface area contributed by atoms with Crippen LogP contribution in [0.3, 0.4) is 0 Å². The summed E-state index contributed by atoms with van der Waals surface area (Å²) >= 11 is 0. The van der Waals surface area contributed by atoms with Gasteiger partial charge in [-0.1, -0.05) is 6.58 Å². The number of nitrogens with zero attached hydrogens (tertiary/aromatic N) is 1. The molecule has 2 N–H and O–H groups in total. The van der Waals surface area contributed by atoms with Crippen LogP contribution in [0.5, 0.6) is 0 Å². The molecule has 1 aliphatic heterocycles. The number of allylic oxidation sites excluding steroid dienone is 1. The summed E-state index contributed by atoms with van der Waals surface area (Å²) in [6.07, 6.45) is 0. The molecule has 0 unspecified atom stereocenters. The van der Waals surface area contributed by atoms with Crippen LogP contribution in [0.1, 0.15) is 6.92 Å². The Morgan fingerprint density at radius 2 is 2.17 bits per heavy atom. The molecule has 1 saturated heterocycles. The lowest BCUT2D eigenvalue weighted by molar-refractivity contribution is 0.243. The molecule has 1 aliphatic rings. The molecule has 1 rings (SSSR count). The Bertz CT molecular complexity index is 139. The summed E-state index contributed by atoms with van der Waals surface area (Å²) in [5.41, 5.74) is 1.06. The molecule has 0 aliphatic carbocycles. The van der Waals surface area contributed by atoms with Gasteiger partial charge in [0.1, 0.15) is 0 Å². The number of hydrogen-bond donors (Lipinski definition) is 2. The van der Waals surface area contributed by atoms with Gasteiger partial charge in [-0.25, -0.2) is 0 Å². The summed E-state index contributed by atoms with van der Waals surface area (Å²) in [7, 11) is 0. The molecule has 3 heteroatoms. The molecule has 0 aromatic rings. The van der Waals surface area contributed by atoms with E-state index in [1.165, 1.54) is 13.1 Å². The van der Waals surface area contributed by atoms with Crippen LogP contribution in [0.2, 0.25) is 0 Å². The monoisotopic (exact) mass is 169 g/mol. The van der Waals surface area contributed by atoms with Crippen LogP contribution in [0.4, 0.5) is 0 Å². The summed E-state index contributed by atoms with van der Waals surface area (Å²) in [5.74, 6) is 0. The van der Waals surface area contributed by atoms with Gasteiger partial charge >= 0.3 is 0 Å². The maximum atomic E-state index is 3.80. The van der Waals surface area contributed by atoms with E-state index >= 15 is 0 Å². The highest BCUT2D eigenvalue weighted by Crippen LogP contribution is 1.90. The van der Waals surface area contributed by atoms with Crippen molar-refractivity contribution in [2.24, 2.45) is 0 Å². The number of rotatable bonds is 4. The second-order valence-electron chi connectivity index (χ2n) is 3.30. The Kier molecular flexibility index (Phi) is 4.11. The van der Waals surface area contributed by atoms with Crippen LogP contribution in [0.15, 0.2) is 12.3 Å². The van der Waals surface area contributed by atoms with Crippen LogP contribution in [-0.4, -0.2) is 44.2 Å². The maximum Gasteiger partial charge on any atom is 0.0271 e. The highest BCUT2D eigenvalue weighted by Gasteiger charge is 2.07. The van der Waals surface area contributed by atoms with E-state index in [-0.39, 0.29) is 0 Å². The second-order valence-corrected chi connectivity index (χ2v) is 3.30. The van der Waals surface area contributed by atoms with Gasteiger partial charge in [-0.3, -0.25) is 4.90 Å². The summed E-state index contributed by atoms with van der Waals surface area (Å²) < 4.78 is 0. The van der Waals surface area contributed by atoms with Gasteiger partial charge in [0.25, 0.3) is 0 Å². The van der Waals surface area contributed by atoms with Gasteiger partial charge in [0.15, 0.2) is 0 Å². The molecule has 0 aromatic heterocycles. The van der Waals surface area contributed by atoms with Gasteiger partial charge in [0, 0.05) is 45.0 Å². The maximum absolute atomic E-state index is 3.80. The fourth-order valence-electron chi connectivity index (χ4n) is 1.36. The third-order valence-electron chi connectivity index (χ3n) is 2.06. The third-order valence-corrected chi connectivity index (χ3v) is 2.06. The third kappa shape index (κ3) is 3.74. The first-order valence-corrected chi connectivity index (χ1v) is 4.61. The Morgan fingerprint density at radius 1 is 1.50 bits per heavy atom. The van der Waals surface area contributed by atoms with E-state index in [2.05, 4.69) is 22.1 Å². The number of piperazine rings is 1. The number of nitrogens with one attached hydrogen (secondary N) is 2. The second kappa shape index (κ2) is 5.17. The van der Waals surface area contributed by atoms with Crippen molar-refractivity contribution in [1.82, 2.24) is 15.5 Å². The molecule has 0 aromatic carbocycles. The van der Waals surface area contributed by atoms with Gasteiger partial charge in [-0.05, 0) is 6.92 Å². The molecule has 3 nitrogen and oxygen atoms in total. The van der Waals surface area contributed by atoms with Crippen LogP contribution < -0.4 is 10.6 Å². The van der Waals surface area contributed by atoms with E-state index in [1.807, 2.05) is 6.92 Å². The number of hydrogen-bond acceptors (Lipinski definition) is 3. The van der Waals surface area contributed by atoms with Crippen molar-refractivity contribution in [2.45, 2.75) is 6.92 Å². The molecule has 1 heterocycles. The lowest BCUT2D eigenvalue weighted by Gasteiger charge is -2.27. The van der Waals surface area contributed by atoms with E-state index in [0.717, 1.165) is 31.9 Å². The Morgan fingerprint density at radius 3 is 2.75 bits per heavy atom. The largest absolute Gasteiger partial charge is 0.388 e. The fourth-order valence-corrected chi connectivity index (χ4v) is 1.36. The fraction of sp³-hybridized carbons (Fsp3) is 0.778. The van der Waals surface area contributed by atoms with Crippen molar-refractivity contribution in [3.05, 3.63) is 12.3 Å². The van der Waals surface area contributed by atoms with Crippen molar-refractivity contribution in [1.29, 1.82) is 0 Å². The predicted molar refractivity (Wildman–Crippen MR) is 52.1 cm³/mol. The molecular formula is C9H19N3. The van der Waals surface area contributed by atoms with Gasteiger partial charge < -0.3 is 10.6 Å². The van der Waals surface area contributed by atoms with Crippen LogP contribution in [-0.2, 0) is 0 Å². The molecule has 70 valence electrons. The highest BCUT2D eigenvalue weighted by atomic mass is 15.2. The topological polar surface area (TPSA) is 27.3 Å². The molecular weight excluding hydrogens is 150 g/mol. The summed E-state index contributed by atoms with van der Waals surface area (Å²) in [4.78, 5) is 2.46. The van der Waals surface area contributed by atoms with Crippen LogP contribution in [0, 0.1) is 0 Å². The first-order valence-electron chi connectivity index (χ1n) is 4.61. The van der Waals surface area contributed by atoms with E-state index in [4.69, 9.17) is 0 Å².